The number of rotatable bonds is 4. The maximum Gasteiger partial charge on any atom is 0.331 e. The minimum Gasteiger partial charge on any atom is -0.458 e. The van der Waals surface area contributed by atoms with Crippen molar-refractivity contribution in [2.24, 2.45) is 34.5 Å². The molecule has 14 atom stereocenters. The third kappa shape index (κ3) is 4.08. The van der Waals surface area contributed by atoms with E-state index >= 15 is 0 Å². The van der Waals surface area contributed by atoms with Gasteiger partial charge in [-0.05, 0) is 86.0 Å². The molecule has 0 aromatic rings. The van der Waals surface area contributed by atoms with E-state index in [1.165, 1.54) is 7.11 Å². The predicted molar refractivity (Wildman–Crippen MR) is 136 cm³/mol. The highest BCUT2D eigenvalue weighted by Crippen LogP contribution is 2.70. The topological polar surface area (TPSA) is 155 Å². The molecular weight excluding hydrogens is 508 g/mol. The SMILES string of the molecule is CO[C@H]1[C@@H](O)[C@@H](O)O[C@@H](O[C@H]2CC[C@@]3(C)[C@H](CC[C@@H]4[C@@H]3[C@H](O)C[C@]3(C)[C@@H](C5=CC(=O)OC5)CC[C@]43O)C2)[C@@H]1O. The summed E-state index contributed by atoms with van der Waals surface area (Å²) in [6.07, 6.45) is 0.404. The van der Waals surface area contributed by atoms with E-state index in [2.05, 4.69) is 13.8 Å². The van der Waals surface area contributed by atoms with Gasteiger partial charge in [0.1, 0.15) is 24.9 Å². The first-order valence-electron chi connectivity index (χ1n) is 14.6. The average Bonchev–Trinajstić information content (AvgIpc) is 3.42. The van der Waals surface area contributed by atoms with Gasteiger partial charge in [-0.3, -0.25) is 0 Å². The monoisotopic (exact) mass is 552 g/mol. The van der Waals surface area contributed by atoms with Crippen LogP contribution in [0.15, 0.2) is 11.6 Å². The lowest BCUT2D eigenvalue weighted by Crippen LogP contribution is -2.66. The molecule has 6 rings (SSSR count). The van der Waals surface area contributed by atoms with Crippen molar-refractivity contribution in [2.45, 2.75) is 114 Å². The Labute approximate surface area is 229 Å². The minimum absolute atomic E-state index is 0.0194. The van der Waals surface area contributed by atoms with Crippen LogP contribution >= 0.6 is 0 Å². The van der Waals surface area contributed by atoms with Crippen molar-refractivity contribution >= 4 is 5.97 Å². The van der Waals surface area contributed by atoms with Crippen molar-refractivity contribution in [3.63, 3.8) is 0 Å². The Morgan fingerprint density at radius 2 is 1.79 bits per heavy atom. The first-order chi connectivity index (χ1) is 18.4. The molecule has 5 N–H and O–H groups in total. The quantitative estimate of drug-likeness (QED) is 0.252. The Balaban J connectivity index is 1.18. The fourth-order valence-corrected chi connectivity index (χ4v) is 10.00. The van der Waals surface area contributed by atoms with Crippen LogP contribution in [0.25, 0.3) is 0 Å². The van der Waals surface area contributed by atoms with E-state index in [-0.39, 0.29) is 47.8 Å². The Hall–Kier alpha value is -1.11. The first kappa shape index (κ1) is 28.0. The van der Waals surface area contributed by atoms with Crippen LogP contribution in [0.5, 0.6) is 0 Å². The Morgan fingerprint density at radius 3 is 2.49 bits per heavy atom. The average molecular weight is 553 g/mol. The van der Waals surface area contributed by atoms with Gasteiger partial charge in [-0.15, -0.1) is 0 Å². The van der Waals surface area contributed by atoms with Crippen molar-refractivity contribution in [3.8, 4) is 0 Å². The van der Waals surface area contributed by atoms with Gasteiger partial charge in [-0.25, -0.2) is 4.79 Å². The lowest BCUT2D eigenvalue weighted by molar-refractivity contribution is -0.354. The van der Waals surface area contributed by atoms with E-state index < -0.39 is 48.0 Å². The van der Waals surface area contributed by atoms with E-state index in [1.807, 2.05) is 0 Å². The van der Waals surface area contributed by atoms with Gasteiger partial charge in [0.2, 0.25) is 0 Å². The largest absolute Gasteiger partial charge is 0.458 e. The molecule has 0 radical (unpaired) electrons. The van der Waals surface area contributed by atoms with Crippen molar-refractivity contribution in [1.29, 1.82) is 0 Å². The number of hydrogen-bond acceptors (Lipinski definition) is 10. The molecular formula is C29H44O10. The van der Waals surface area contributed by atoms with Crippen molar-refractivity contribution in [1.82, 2.24) is 0 Å². The number of methoxy groups -OCH3 is 1. The van der Waals surface area contributed by atoms with E-state index in [0.29, 0.717) is 19.3 Å². The highest BCUT2D eigenvalue weighted by Gasteiger charge is 2.70. The van der Waals surface area contributed by atoms with Crippen LogP contribution in [-0.4, -0.2) is 93.9 Å². The smallest absolute Gasteiger partial charge is 0.331 e. The van der Waals surface area contributed by atoms with Gasteiger partial charge in [-0.1, -0.05) is 13.8 Å². The number of cyclic esters (lactones) is 1. The van der Waals surface area contributed by atoms with Crippen LogP contribution in [0.2, 0.25) is 0 Å². The molecule has 0 amide bonds. The number of aliphatic hydroxyl groups excluding tert-OH is 4. The summed E-state index contributed by atoms with van der Waals surface area (Å²) >= 11 is 0. The molecule has 4 saturated carbocycles. The summed E-state index contributed by atoms with van der Waals surface area (Å²) in [5, 5.41) is 54.9. The number of hydrogen-bond donors (Lipinski definition) is 5. The van der Waals surface area contributed by atoms with Crippen molar-refractivity contribution < 1.29 is 49.3 Å². The zero-order valence-corrected chi connectivity index (χ0v) is 23.1. The maximum atomic E-state index is 12.4. The van der Waals surface area contributed by atoms with Gasteiger partial charge >= 0.3 is 5.97 Å². The Kier molecular flexibility index (Phi) is 6.99. The van der Waals surface area contributed by atoms with E-state index in [4.69, 9.17) is 18.9 Å². The molecule has 5 fully saturated rings. The van der Waals surface area contributed by atoms with Crippen LogP contribution in [-0.2, 0) is 23.7 Å². The third-order valence-corrected chi connectivity index (χ3v) is 12.0. The van der Waals surface area contributed by atoms with E-state index in [1.54, 1.807) is 6.08 Å². The number of carbonyl (C=O) groups is 1. The molecule has 0 aromatic heterocycles. The lowest BCUT2D eigenvalue weighted by Gasteiger charge is -2.65. The van der Waals surface area contributed by atoms with Crippen LogP contribution in [0, 0.1) is 34.5 Å². The number of fused-ring (bicyclic) bond motifs is 5. The van der Waals surface area contributed by atoms with Crippen LogP contribution in [0.3, 0.4) is 0 Å². The van der Waals surface area contributed by atoms with E-state index in [0.717, 1.165) is 37.7 Å². The van der Waals surface area contributed by atoms with Crippen molar-refractivity contribution in [3.05, 3.63) is 11.6 Å². The third-order valence-electron chi connectivity index (χ3n) is 12.0. The number of aliphatic hydroxyl groups is 5. The molecule has 1 saturated heterocycles. The lowest BCUT2D eigenvalue weighted by atomic mass is 9.42. The molecule has 0 unspecified atom stereocenters. The zero-order chi connectivity index (χ0) is 27.9. The molecule has 2 heterocycles. The fourth-order valence-electron chi connectivity index (χ4n) is 10.00. The summed E-state index contributed by atoms with van der Waals surface area (Å²) in [7, 11) is 1.36. The molecule has 4 aliphatic carbocycles. The second-order valence-corrected chi connectivity index (χ2v) is 13.6. The van der Waals surface area contributed by atoms with Gasteiger partial charge in [0, 0.05) is 18.6 Å². The Bertz CT molecular complexity index is 1000. The van der Waals surface area contributed by atoms with Gasteiger partial charge in [0.05, 0.1) is 17.8 Å². The summed E-state index contributed by atoms with van der Waals surface area (Å²) < 4.78 is 21.9. The van der Waals surface area contributed by atoms with Gasteiger partial charge < -0.3 is 44.5 Å². The zero-order valence-electron chi connectivity index (χ0n) is 23.1. The molecule has 0 bridgehead atoms. The highest BCUT2D eigenvalue weighted by atomic mass is 16.8. The van der Waals surface area contributed by atoms with Crippen molar-refractivity contribution in [2.75, 3.05) is 13.7 Å². The second kappa shape index (κ2) is 9.73. The summed E-state index contributed by atoms with van der Waals surface area (Å²) in [4.78, 5) is 11.8. The minimum atomic E-state index is -1.51. The standard InChI is InChI=1S/C29H44O10/c1-27-8-6-16(38-26-23(33)24(36-3)22(32)25(34)39-26)11-15(27)4-5-18-21(27)19(30)12-28(2)17(7-9-29(18,28)35)14-10-20(31)37-13-14/h10,15-19,21-26,30,32-35H,4-9,11-13H2,1-3H3/t15-,16+,17-,18-,19-,21-,22-,23-,24+,25+,26-,27+,28-,29+/m1/s1. The number of carbonyl (C=O) groups excluding carboxylic acids is 1. The summed E-state index contributed by atoms with van der Waals surface area (Å²) in [5.41, 5.74) is -0.669. The molecule has 0 spiro atoms. The molecule has 10 heteroatoms. The molecule has 10 nitrogen and oxygen atoms in total. The van der Waals surface area contributed by atoms with Gasteiger partial charge in [0.15, 0.2) is 12.6 Å². The summed E-state index contributed by atoms with van der Waals surface area (Å²) in [6, 6.07) is 0. The summed E-state index contributed by atoms with van der Waals surface area (Å²) in [5.74, 6) is -0.117. The fraction of sp³-hybridized carbons (Fsp3) is 0.897. The number of esters is 1. The molecule has 6 aliphatic rings. The van der Waals surface area contributed by atoms with Crippen LogP contribution < -0.4 is 0 Å². The van der Waals surface area contributed by atoms with Crippen LogP contribution in [0.4, 0.5) is 0 Å². The maximum absolute atomic E-state index is 12.4. The van der Waals surface area contributed by atoms with Gasteiger partial charge in [-0.2, -0.15) is 0 Å². The summed E-state index contributed by atoms with van der Waals surface area (Å²) in [6.45, 7) is 4.63. The predicted octanol–water partition coefficient (Wildman–Crippen LogP) is 1.01. The van der Waals surface area contributed by atoms with E-state index in [9.17, 15) is 30.3 Å². The second-order valence-electron chi connectivity index (χ2n) is 13.6. The highest BCUT2D eigenvalue weighted by molar-refractivity contribution is 5.85. The first-order valence-corrected chi connectivity index (χ1v) is 14.6. The normalized spacial score (nSPS) is 55.3. The molecule has 39 heavy (non-hydrogen) atoms. The number of ether oxygens (including phenoxy) is 4. The molecule has 220 valence electrons. The van der Waals surface area contributed by atoms with Crippen LogP contribution in [0.1, 0.15) is 65.2 Å². The molecule has 0 aromatic carbocycles. The Morgan fingerprint density at radius 1 is 1.03 bits per heavy atom. The van der Waals surface area contributed by atoms with Gasteiger partial charge in [0.25, 0.3) is 0 Å². The molecule has 2 aliphatic heterocycles.